The Morgan fingerprint density at radius 1 is 1.00 bits per heavy atom. The zero-order valence-electron chi connectivity index (χ0n) is 21.4. The predicted octanol–water partition coefficient (Wildman–Crippen LogP) is 0.227. The van der Waals surface area contributed by atoms with Crippen LogP contribution in [0.3, 0.4) is 0 Å². The lowest BCUT2D eigenvalue weighted by Gasteiger charge is -2.16. The van der Waals surface area contributed by atoms with Crippen LogP contribution >= 0.6 is 0 Å². The molecule has 0 aromatic carbocycles. The Morgan fingerprint density at radius 2 is 1.58 bits per heavy atom. The number of carbonyl (C=O) groups is 7. The summed E-state index contributed by atoms with van der Waals surface area (Å²) in [6.45, 7) is 7.94. The Morgan fingerprint density at radius 3 is 2.03 bits per heavy atom. The molecule has 6 N–H and O–H groups in total. The first-order chi connectivity index (χ1) is 17.0. The molecule has 1 rings (SSSR count). The maximum Gasteiger partial charge on any atom is 0.312 e. The number of primary amides is 1. The van der Waals surface area contributed by atoms with Gasteiger partial charge in [0.2, 0.25) is 11.8 Å². The van der Waals surface area contributed by atoms with Crippen LogP contribution in [0.1, 0.15) is 66.2 Å². The highest BCUT2D eigenvalue weighted by molar-refractivity contribution is 6.12. The van der Waals surface area contributed by atoms with Gasteiger partial charge in [0, 0.05) is 31.7 Å². The van der Waals surface area contributed by atoms with Crippen molar-refractivity contribution in [2.45, 2.75) is 72.3 Å². The minimum Gasteiger partial charge on any atom is -0.481 e. The fourth-order valence-electron chi connectivity index (χ4n) is 2.62. The molecule has 36 heavy (non-hydrogen) atoms. The molecule has 1 aliphatic rings. The van der Waals surface area contributed by atoms with Gasteiger partial charge >= 0.3 is 12.0 Å². The number of nitrogens with zero attached hydrogens (tertiary/aromatic N) is 1. The number of hydrogen-bond acceptors (Lipinski definition) is 7. The van der Waals surface area contributed by atoms with E-state index in [1.54, 1.807) is 0 Å². The standard InChI is InChI=1S/C17H23N3O7.C4H10N2O.C2H6/c1-11(21)10-18-17(27)12(9-16(25)26)19-13(22)5-3-2-4-8-20-14(23)6-7-15(20)24;1-2-3-6-4(5)7;1-2/h6-7,12H,2-5,8-10H2,1H3,(H,18,27)(H,19,22)(H,25,26);2-3H2,1H3,(H3,5,6,7);1-2H3. The Hall–Kier alpha value is -3.77. The Labute approximate surface area is 211 Å². The summed E-state index contributed by atoms with van der Waals surface area (Å²) in [7, 11) is 0. The van der Waals surface area contributed by atoms with E-state index in [1.165, 1.54) is 19.1 Å². The molecule has 1 heterocycles. The van der Waals surface area contributed by atoms with Gasteiger partial charge in [-0.05, 0) is 26.2 Å². The first-order valence-electron chi connectivity index (χ1n) is 11.8. The molecule has 204 valence electrons. The minimum absolute atomic E-state index is 0.0657. The molecule has 1 aliphatic heterocycles. The van der Waals surface area contributed by atoms with Crippen molar-refractivity contribution < 1.29 is 38.7 Å². The number of nitrogens with two attached hydrogens (primary N) is 1. The molecule has 1 unspecified atom stereocenters. The molecule has 0 fully saturated rings. The number of carboxylic acids is 1. The SMILES string of the molecule is CC.CC(=O)CNC(=O)C(CC(=O)O)NC(=O)CCCCCN1C(=O)C=CC1=O.CCCNC(N)=O. The molecule has 0 saturated carbocycles. The molecule has 0 radical (unpaired) electrons. The second-order valence-electron chi connectivity index (χ2n) is 7.40. The van der Waals surface area contributed by atoms with Crippen molar-refractivity contribution in [2.24, 2.45) is 5.73 Å². The summed E-state index contributed by atoms with van der Waals surface area (Å²) in [5.74, 6) is -3.49. The quantitative estimate of drug-likeness (QED) is 0.160. The molecule has 13 nitrogen and oxygen atoms in total. The van der Waals surface area contributed by atoms with E-state index in [4.69, 9.17) is 10.8 Å². The van der Waals surface area contributed by atoms with Gasteiger partial charge in [-0.15, -0.1) is 0 Å². The zero-order valence-corrected chi connectivity index (χ0v) is 21.4. The fraction of sp³-hybridized carbons (Fsp3) is 0.609. The first kappa shape index (κ1) is 34.4. The monoisotopic (exact) mass is 513 g/mol. The lowest BCUT2D eigenvalue weighted by atomic mass is 10.1. The van der Waals surface area contributed by atoms with Gasteiger partial charge in [0.25, 0.3) is 11.8 Å². The highest BCUT2D eigenvalue weighted by Crippen LogP contribution is 2.08. The topological polar surface area (TPSA) is 205 Å². The smallest absolute Gasteiger partial charge is 0.312 e. The lowest BCUT2D eigenvalue weighted by Crippen LogP contribution is -2.48. The number of carbonyl (C=O) groups excluding carboxylic acids is 6. The molecule has 13 heteroatoms. The molecule has 0 saturated heterocycles. The van der Waals surface area contributed by atoms with Crippen molar-refractivity contribution in [2.75, 3.05) is 19.6 Å². The average Bonchev–Trinajstić information content (AvgIpc) is 3.14. The maximum atomic E-state index is 11.9. The van der Waals surface area contributed by atoms with Gasteiger partial charge in [0.05, 0.1) is 13.0 Å². The second-order valence-corrected chi connectivity index (χ2v) is 7.40. The predicted molar refractivity (Wildman–Crippen MR) is 131 cm³/mol. The molecule has 0 aromatic rings. The Balaban J connectivity index is 0. The summed E-state index contributed by atoms with van der Waals surface area (Å²) in [5.41, 5.74) is 4.73. The average molecular weight is 514 g/mol. The number of Topliss-reactive ketones (excluding diaryl/α,β-unsaturated/α-hetero) is 1. The molecule has 0 spiro atoms. The van der Waals surface area contributed by atoms with E-state index in [1.807, 2.05) is 20.8 Å². The number of ketones is 1. The summed E-state index contributed by atoms with van der Waals surface area (Å²) in [5, 5.41) is 15.9. The third-order valence-corrected chi connectivity index (χ3v) is 4.28. The van der Waals surface area contributed by atoms with Gasteiger partial charge in [0.1, 0.15) is 11.8 Å². The normalized spacial score (nSPS) is 12.4. The largest absolute Gasteiger partial charge is 0.481 e. The van der Waals surface area contributed by atoms with Gasteiger partial charge < -0.3 is 26.8 Å². The molecule has 0 aliphatic carbocycles. The van der Waals surface area contributed by atoms with Crippen LogP contribution in [0.2, 0.25) is 0 Å². The van der Waals surface area contributed by atoms with Gasteiger partial charge in [-0.3, -0.25) is 33.7 Å². The van der Waals surface area contributed by atoms with Crippen LogP contribution < -0.4 is 21.7 Å². The zero-order chi connectivity index (χ0) is 28.1. The molecular weight excluding hydrogens is 474 g/mol. The Bertz CT molecular complexity index is 779. The van der Waals surface area contributed by atoms with Crippen molar-refractivity contribution in [3.8, 4) is 0 Å². The van der Waals surface area contributed by atoms with Crippen molar-refractivity contribution in [3.05, 3.63) is 12.2 Å². The van der Waals surface area contributed by atoms with E-state index in [-0.39, 0.29) is 37.1 Å². The number of imide groups is 1. The first-order valence-corrected chi connectivity index (χ1v) is 11.8. The fourth-order valence-corrected chi connectivity index (χ4v) is 2.62. The van der Waals surface area contributed by atoms with Gasteiger partial charge in [-0.2, -0.15) is 0 Å². The van der Waals surface area contributed by atoms with E-state index in [2.05, 4.69) is 16.0 Å². The number of aliphatic carboxylic acids is 1. The number of amides is 6. The van der Waals surface area contributed by atoms with Crippen LogP contribution in [-0.4, -0.2) is 77.1 Å². The molecule has 0 bridgehead atoms. The number of rotatable bonds is 14. The van der Waals surface area contributed by atoms with Gasteiger partial charge in [0.15, 0.2) is 0 Å². The number of hydrogen-bond donors (Lipinski definition) is 5. The number of nitrogens with one attached hydrogen (secondary N) is 3. The van der Waals surface area contributed by atoms with E-state index >= 15 is 0 Å². The molecular formula is C23H39N5O8. The van der Waals surface area contributed by atoms with Crippen LogP contribution in [0.25, 0.3) is 0 Å². The van der Waals surface area contributed by atoms with Gasteiger partial charge in [-0.25, -0.2) is 4.79 Å². The second kappa shape index (κ2) is 20.6. The van der Waals surface area contributed by atoms with Crippen molar-refractivity contribution in [3.63, 3.8) is 0 Å². The summed E-state index contributed by atoms with van der Waals surface area (Å²) in [4.78, 5) is 79.3. The van der Waals surface area contributed by atoms with Crippen LogP contribution in [-0.2, 0) is 28.8 Å². The summed E-state index contributed by atoms with van der Waals surface area (Å²) < 4.78 is 0. The molecule has 1 atom stereocenters. The van der Waals surface area contributed by atoms with E-state index < -0.39 is 36.3 Å². The number of urea groups is 1. The van der Waals surface area contributed by atoms with Crippen molar-refractivity contribution in [1.29, 1.82) is 0 Å². The highest BCUT2D eigenvalue weighted by atomic mass is 16.4. The summed E-state index contributed by atoms with van der Waals surface area (Å²) in [6, 6.07) is -1.71. The highest BCUT2D eigenvalue weighted by Gasteiger charge is 2.24. The van der Waals surface area contributed by atoms with Crippen LogP contribution in [0.15, 0.2) is 12.2 Å². The summed E-state index contributed by atoms with van der Waals surface area (Å²) in [6.07, 6.45) is 4.37. The lowest BCUT2D eigenvalue weighted by molar-refractivity contribution is -0.141. The van der Waals surface area contributed by atoms with Crippen LogP contribution in [0, 0.1) is 0 Å². The third kappa shape index (κ3) is 17.7. The minimum atomic E-state index is -1.26. The Kier molecular flexibility index (Phi) is 19.7. The van der Waals surface area contributed by atoms with E-state index in [0.717, 1.165) is 11.3 Å². The third-order valence-electron chi connectivity index (χ3n) is 4.28. The maximum absolute atomic E-state index is 11.9. The summed E-state index contributed by atoms with van der Waals surface area (Å²) >= 11 is 0. The number of carboxylic acid groups (broad SMARTS) is 1. The van der Waals surface area contributed by atoms with Crippen LogP contribution in [0.4, 0.5) is 4.79 Å². The van der Waals surface area contributed by atoms with E-state index in [0.29, 0.717) is 25.8 Å². The van der Waals surface area contributed by atoms with Crippen molar-refractivity contribution >= 4 is 41.4 Å². The molecule has 6 amide bonds. The van der Waals surface area contributed by atoms with Crippen molar-refractivity contribution in [1.82, 2.24) is 20.9 Å². The van der Waals surface area contributed by atoms with Crippen LogP contribution in [0.5, 0.6) is 0 Å². The van der Waals surface area contributed by atoms with Gasteiger partial charge in [-0.1, -0.05) is 27.2 Å². The van der Waals surface area contributed by atoms with E-state index in [9.17, 15) is 33.6 Å². The molecule has 0 aromatic heterocycles. The number of unbranched alkanes of at least 4 members (excludes halogenated alkanes) is 2.